The Balaban J connectivity index is 2.93. The van der Waals surface area contributed by atoms with Gasteiger partial charge in [-0.1, -0.05) is 11.6 Å². The van der Waals surface area contributed by atoms with Crippen LogP contribution >= 0.6 is 11.6 Å². The highest BCUT2D eigenvalue weighted by Crippen LogP contribution is 2.10. The SMILES string of the molecule is NCC(=O)c1cn[nH]c1Cl. The van der Waals surface area contributed by atoms with Crippen LogP contribution in [0.4, 0.5) is 0 Å². The van der Waals surface area contributed by atoms with Crippen molar-refractivity contribution in [2.24, 2.45) is 5.73 Å². The number of nitrogens with two attached hydrogens (primary N) is 1. The van der Waals surface area contributed by atoms with Crippen LogP contribution in [0.3, 0.4) is 0 Å². The van der Waals surface area contributed by atoms with E-state index < -0.39 is 0 Å². The molecule has 1 aromatic rings. The maximum absolute atomic E-state index is 10.8. The number of hydrogen-bond donors (Lipinski definition) is 2. The highest BCUT2D eigenvalue weighted by Gasteiger charge is 2.08. The molecule has 5 heteroatoms. The largest absolute Gasteiger partial charge is 0.324 e. The van der Waals surface area contributed by atoms with Gasteiger partial charge in [-0.05, 0) is 0 Å². The second-order valence-electron chi connectivity index (χ2n) is 1.72. The van der Waals surface area contributed by atoms with Crippen LogP contribution in [0.2, 0.25) is 5.15 Å². The van der Waals surface area contributed by atoms with Gasteiger partial charge in [0.05, 0.1) is 18.3 Å². The summed E-state index contributed by atoms with van der Waals surface area (Å²) in [6.45, 7) is -0.0424. The van der Waals surface area contributed by atoms with Crippen molar-refractivity contribution >= 4 is 17.4 Å². The molecule has 10 heavy (non-hydrogen) atoms. The van der Waals surface area contributed by atoms with Gasteiger partial charge in [-0.2, -0.15) is 5.10 Å². The molecule has 1 rings (SSSR count). The molecule has 0 aliphatic rings. The first-order valence-electron chi connectivity index (χ1n) is 2.68. The van der Waals surface area contributed by atoms with E-state index in [4.69, 9.17) is 17.3 Å². The van der Waals surface area contributed by atoms with Gasteiger partial charge in [0.15, 0.2) is 5.78 Å². The number of nitrogens with one attached hydrogen (secondary N) is 1. The van der Waals surface area contributed by atoms with Crippen LogP contribution in [0, 0.1) is 0 Å². The van der Waals surface area contributed by atoms with Crippen molar-refractivity contribution in [2.75, 3.05) is 6.54 Å². The van der Waals surface area contributed by atoms with Crippen LogP contribution in [-0.4, -0.2) is 22.5 Å². The molecule has 1 aromatic heterocycles. The molecule has 0 aliphatic heterocycles. The monoisotopic (exact) mass is 159 g/mol. The van der Waals surface area contributed by atoms with Crippen LogP contribution in [-0.2, 0) is 0 Å². The van der Waals surface area contributed by atoms with Gasteiger partial charge in [-0.3, -0.25) is 9.89 Å². The minimum absolute atomic E-state index is 0.0424. The number of aromatic amines is 1. The summed E-state index contributed by atoms with van der Waals surface area (Å²) in [7, 11) is 0. The van der Waals surface area contributed by atoms with Crippen LogP contribution < -0.4 is 5.73 Å². The zero-order valence-electron chi connectivity index (χ0n) is 5.10. The highest BCUT2D eigenvalue weighted by atomic mass is 35.5. The fourth-order valence-corrected chi connectivity index (χ4v) is 0.778. The summed E-state index contributed by atoms with van der Waals surface area (Å²) in [5.41, 5.74) is 5.43. The Labute approximate surface area is 62.4 Å². The van der Waals surface area contributed by atoms with Gasteiger partial charge in [0.2, 0.25) is 0 Å². The number of rotatable bonds is 2. The first-order chi connectivity index (χ1) is 4.75. The van der Waals surface area contributed by atoms with E-state index in [1.807, 2.05) is 0 Å². The van der Waals surface area contributed by atoms with E-state index in [0.717, 1.165) is 0 Å². The molecule has 0 fully saturated rings. The number of H-pyrrole nitrogens is 1. The lowest BCUT2D eigenvalue weighted by Crippen LogP contribution is -2.13. The topological polar surface area (TPSA) is 71.8 Å². The third kappa shape index (κ3) is 1.17. The first-order valence-corrected chi connectivity index (χ1v) is 3.05. The van der Waals surface area contributed by atoms with Crippen molar-refractivity contribution < 1.29 is 4.79 Å². The smallest absolute Gasteiger partial charge is 0.181 e. The standard InChI is InChI=1S/C5H6ClN3O/c6-5-3(2-8-9-5)4(10)1-7/h2H,1,7H2,(H,8,9). The van der Waals surface area contributed by atoms with Gasteiger partial charge in [-0.25, -0.2) is 0 Å². The summed E-state index contributed by atoms with van der Waals surface area (Å²) in [6.07, 6.45) is 1.36. The summed E-state index contributed by atoms with van der Waals surface area (Å²) in [5, 5.41) is 6.23. The molecule has 0 amide bonds. The number of ketones is 1. The second-order valence-corrected chi connectivity index (χ2v) is 2.10. The predicted octanol–water partition coefficient (Wildman–Crippen LogP) is 0.204. The number of aromatic nitrogens is 2. The summed E-state index contributed by atoms with van der Waals surface area (Å²) in [6, 6.07) is 0. The van der Waals surface area contributed by atoms with E-state index in [1.54, 1.807) is 0 Å². The number of hydrogen-bond acceptors (Lipinski definition) is 3. The molecule has 0 spiro atoms. The Bertz CT molecular complexity index is 245. The third-order valence-electron chi connectivity index (χ3n) is 1.08. The Hall–Kier alpha value is -0.870. The fourth-order valence-electron chi connectivity index (χ4n) is 0.575. The van der Waals surface area contributed by atoms with Gasteiger partial charge in [0.25, 0.3) is 0 Å². The molecule has 54 valence electrons. The van der Waals surface area contributed by atoms with Crippen LogP contribution in [0.5, 0.6) is 0 Å². The Morgan fingerprint density at radius 1 is 1.90 bits per heavy atom. The number of carbonyl (C=O) groups excluding carboxylic acids is 1. The normalized spacial score (nSPS) is 9.80. The fraction of sp³-hybridized carbons (Fsp3) is 0.200. The summed E-state index contributed by atoms with van der Waals surface area (Å²) < 4.78 is 0. The van der Waals surface area contributed by atoms with Crippen molar-refractivity contribution in [3.8, 4) is 0 Å². The quantitative estimate of drug-likeness (QED) is 0.606. The average Bonchev–Trinajstić information content (AvgIpc) is 2.34. The van der Waals surface area contributed by atoms with Gasteiger partial charge < -0.3 is 5.73 Å². The van der Waals surface area contributed by atoms with Crippen LogP contribution in [0.25, 0.3) is 0 Å². The molecule has 0 bridgehead atoms. The molecule has 0 saturated carbocycles. The van der Waals surface area contributed by atoms with E-state index in [9.17, 15) is 4.79 Å². The number of Topliss-reactive ketones (excluding diaryl/α,β-unsaturated/α-hetero) is 1. The lowest BCUT2D eigenvalue weighted by Gasteiger charge is -1.89. The zero-order chi connectivity index (χ0) is 7.56. The number of carbonyl (C=O) groups is 1. The second kappa shape index (κ2) is 2.81. The molecule has 0 atom stereocenters. The molecule has 0 aliphatic carbocycles. The minimum Gasteiger partial charge on any atom is -0.324 e. The van der Waals surface area contributed by atoms with Crippen LogP contribution in [0.1, 0.15) is 10.4 Å². The summed E-state index contributed by atoms with van der Waals surface area (Å²) in [4.78, 5) is 10.8. The summed E-state index contributed by atoms with van der Waals surface area (Å²) >= 11 is 5.52. The molecule has 0 aromatic carbocycles. The molecule has 4 nitrogen and oxygen atoms in total. The molecule has 0 saturated heterocycles. The first kappa shape index (κ1) is 7.24. The molecule has 0 radical (unpaired) electrons. The van der Waals surface area contributed by atoms with E-state index in [-0.39, 0.29) is 17.5 Å². The Morgan fingerprint density at radius 3 is 3.00 bits per heavy atom. The maximum Gasteiger partial charge on any atom is 0.181 e. The van der Waals surface area contributed by atoms with Crippen molar-refractivity contribution in [1.82, 2.24) is 10.2 Å². The van der Waals surface area contributed by atoms with Gasteiger partial charge in [-0.15, -0.1) is 0 Å². The summed E-state index contributed by atoms with van der Waals surface area (Å²) in [5.74, 6) is -0.209. The number of halogens is 1. The molecule has 3 N–H and O–H groups in total. The predicted molar refractivity (Wildman–Crippen MR) is 37.0 cm³/mol. The lowest BCUT2D eigenvalue weighted by molar-refractivity contribution is 0.100. The Kier molecular flexibility index (Phi) is 2.03. The van der Waals surface area contributed by atoms with E-state index in [1.165, 1.54) is 6.20 Å². The minimum atomic E-state index is -0.209. The van der Waals surface area contributed by atoms with E-state index in [0.29, 0.717) is 5.56 Å². The third-order valence-corrected chi connectivity index (χ3v) is 1.37. The van der Waals surface area contributed by atoms with Crippen molar-refractivity contribution in [3.05, 3.63) is 16.9 Å². The van der Waals surface area contributed by atoms with Gasteiger partial charge >= 0.3 is 0 Å². The van der Waals surface area contributed by atoms with Crippen molar-refractivity contribution in [1.29, 1.82) is 0 Å². The molecule has 1 heterocycles. The zero-order valence-corrected chi connectivity index (χ0v) is 5.85. The molecular weight excluding hydrogens is 154 g/mol. The average molecular weight is 160 g/mol. The van der Waals surface area contributed by atoms with Gasteiger partial charge in [0, 0.05) is 0 Å². The maximum atomic E-state index is 10.8. The highest BCUT2D eigenvalue weighted by molar-refractivity contribution is 6.32. The van der Waals surface area contributed by atoms with Crippen LogP contribution in [0.15, 0.2) is 6.20 Å². The number of nitrogens with zero attached hydrogens (tertiary/aromatic N) is 1. The van der Waals surface area contributed by atoms with Gasteiger partial charge in [0.1, 0.15) is 5.15 Å². The van der Waals surface area contributed by atoms with E-state index in [2.05, 4.69) is 10.2 Å². The van der Waals surface area contributed by atoms with Crippen molar-refractivity contribution in [2.45, 2.75) is 0 Å². The Morgan fingerprint density at radius 2 is 2.60 bits per heavy atom. The molecule has 0 unspecified atom stereocenters. The molecular formula is C5H6ClN3O. The van der Waals surface area contributed by atoms with Crippen molar-refractivity contribution in [3.63, 3.8) is 0 Å². The van der Waals surface area contributed by atoms with E-state index >= 15 is 0 Å². The lowest BCUT2D eigenvalue weighted by atomic mass is 10.2.